The van der Waals surface area contributed by atoms with Crippen molar-refractivity contribution in [3.05, 3.63) is 0 Å². The van der Waals surface area contributed by atoms with Crippen molar-refractivity contribution in [2.75, 3.05) is 31.1 Å². The number of amides is 4. The third kappa shape index (κ3) is 7.65. The second-order valence-electron chi connectivity index (χ2n) is 7.61. The second-order valence-corrected chi connectivity index (χ2v) is 9.91. The molecule has 2 rings (SSSR count). The predicted octanol–water partition coefficient (Wildman–Crippen LogP) is 0.160. The van der Waals surface area contributed by atoms with Gasteiger partial charge in [-0.3, -0.25) is 9.59 Å². The molecule has 160 valence electrons. The quantitative estimate of drug-likeness (QED) is 0.510. The Balaban J connectivity index is 1.58. The molecular weight excluding hydrogens is 384 g/mol. The zero-order valence-corrected chi connectivity index (χ0v) is 17.4. The van der Waals surface area contributed by atoms with E-state index < -0.39 is 15.9 Å². The Labute approximate surface area is 166 Å². The van der Waals surface area contributed by atoms with E-state index in [-0.39, 0.29) is 54.9 Å². The van der Waals surface area contributed by atoms with Gasteiger partial charge in [0.15, 0.2) is 9.84 Å². The number of rotatable bonds is 7. The summed E-state index contributed by atoms with van der Waals surface area (Å²) in [6.07, 6.45) is 6.25. The van der Waals surface area contributed by atoms with Crippen molar-refractivity contribution in [1.29, 1.82) is 0 Å². The molecule has 9 nitrogen and oxygen atoms in total. The summed E-state index contributed by atoms with van der Waals surface area (Å²) < 4.78 is 22.9. The van der Waals surface area contributed by atoms with E-state index in [1.54, 1.807) is 6.92 Å². The van der Waals surface area contributed by atoms with Crippen molar-refractivity contribution in [2.45, 2.75) is 64.0 Å². The van der Waals surface area contributed by atoms with Gasteiger partial charge in [-0.05, 0) is 26.2 Å². The van der Waals surface area contributed by atoms with Crippen LogP contribution in [0.3, 0.4) is 0 Å². The van der Waals surface area contributed by atoms with E-state index in [0.29, 0.717) is 13.0 Å². The van der Waals surface area contributed by atoms with E-state index in [1.807, 2.05) is 0 Å². The van der Waals surface area contributed by atoms with Crippen molar-refractivity contribution >= 4 is 27.7 Å². The molecule has 1 saturated heterocycles. The number of sulfone groups is 1. The van der Waals surface area contributed by atoms with Gasteiger partial charge in [0, 0.05) is 32.1 Å². The summed E-state index contributed by atoms with van der Waals surface area (Å²) in [6, 6.07) is -0.652. The molecule has 0 aromatic heterocycles. The molecule has 1 unspecified atom stereocenters. The van der Waals surface area contributed by atoms with Crippen LogP contribution in [0.1, 0.15) is 51.9 Å². The zero-order valence-electron chi connectivity index (χ0n) is 16.5. The predicted molar refractivity (Wildman–Crippen MR) is 105 cm³/mol. The van der Waals surface area contributed by atoms with Gasteiger partial charge in [0.1, 0.15) is 6.04 Å². The van der Waals surface area contributed by atoms with Crippen molar-refractivity contribution in [3.63, 3.8) is 0 Å². The van der Waals surface area contributed by atoms with Crippen LogP contribution in [0.2, 0.25) is 0 Å². The normalized spacial score (nSPS) is 20.8. The van der Waals surface area contributed by atoms with Gasteiger partial charge >= 0.3 is 6.03 Å². The van der Waals surface area contributed by atoms with Crippen molar-refractivity contribution in [2.24, 2.45) is 0 Å². The van der Waals surface area contributed by atoms with E-state index in [4.69, 9.17) is 0 Å². The van der Waals surface area contributed by atoms with Crippen LogP contribution in [0.4, 0.5) is 4.79 Å². The average Bonchev–Trinajstić information content (AvgIpc) is 2.65. The lowest BCUT2D eigenvalue weighted by molar-refractivity contribution is -0.135. The van der Waals surface area contributed by atoms with E-state index in [2.05, 4.69) is 16.0 Å². The summed E-state index contributed by atoms with van der Waals surface area (Å²) in [7, 11) is -3.05. The van der Waals surface area contributed by atoms with E-state index in [1.165, 1.54) is 11.3 Å². The first-order valence-electron chi connectivity index (χ1n) is 10.1. The summed E-state index contributed by atoms with van der Waals surface area (Å²) >= 11 is 0. The molecule has 1 aliphatic carbocycles. The van der Waals surface area contributed by atoms with Crippen LogP contribution in [0.15, 0.2) is 0 Å². The van der Waals surface area contributed by atoms with Crippen LogP contribution in [0, 0.1) is 0 Å². The standard InChI is InChI=1S/C18H32N4O5S/c1-14(17(24)22-10-12-28(26,27)13-11-22)20-16(23)8-5-9-19-18(25)21-15-6-3-2-4-7-15/h14-15H,2-13H2,1H3,(H,20,23)(H2,19,21,25). The maximum absolute atomic E-state index is 12.3. The fraction of sp³-hybridized carbons (Fsp3) is 0.833. The number of urea groups is 1. The molecule has 0 spiro atoms. The fourth-order valence-corrected chi connectivity index (χ4v) is 4.72. The molecule has 1 aliphatic heterocycles. The van der Waals surface area contributed by atoms with Crippen LogP contribution >= 0.6 is 0 Å². The van der Waals surface area contributed by atoms with Gasteiger partial charge in [-0.25, -0.2) is 13.2 Å². The number of hydrogen-bond donors (Lipinski definition) is 3. The van der Waals surface area contributed by atoms with Gasteiger partial charge in [0.05, 0.1) is 11.5 Å². The minimum absolute atomic E-state index is 0.0337. The summed E-state index contributed by atoms with van der Waals surface area (Å²) in [5.74, 6) is -0.602. The highest BCUT2D eigenvalue weighted by Gasteiger charge is 2.28. The maximum Gasteiger partial charge on any atom is 0.315 e. The SMILES string of the molecule is CC(NC(=O)CCCNC(=O)NC1CCCCC1)C(=O)N1CCS(=O)(=O)CC1. The highest BCUT2D eigenvalue weighted by Crippen LogP contribution is 2.17. The van der Waals surface area contributed by atoms with Crippen molar-refractivity contribution < 1.29 is 22.8 Å². The number of carbonyl (C=O) groups excluding carboxylic acids is 3. The zero-order chi connectivity index (χ0) is 20.6. The summed E-state index contributed by atoms with van der Waals surface area (Å²) in [5, 5.41) is 8.35. The molecule has 0 radical (unpaired) electrons. The Morgan fingerprint density at radius 1 is 1.07 bits per heavy atom. The molecule has 4 amide bonds. The number of nitrogens with one attached hydrogen (secondary N) is 3. The molecule has 3 N–H and O–H groups in total. The molecular formula is C18H32N4O5S. The molecule has 2 fully saturated rings. The van der Waals surface area contributed by atoms with Gasteiger partial charge in [-0.15, -0.1) is 0 Å². The lowest BCUT2D eigenvalue weighted by atomic mass is 9.96. The van der Waals surface area contributed by atoms with Gasteiger partial charge in [0.25, 0.3) is 0 Å². The highest BCUT2D eigenvalue weighted by atomic mass is 32.2. The summed E-state index contributed by atoms with van der Waals surface area (Å²) in [5.41, 5.74) is 0. The average molecular weight is 417 g/mol. The summed E-state index contributed by atoms with van der Waals surface area (Å²) in [6.45, 7) is 2.32. The van der Waals surface area contributed by atoms with Gasteiger partial charge in [-0.2, -0.15) is 0 Å². The van der Waals surface area contributed by atoms with Crippen LogP contribution in [0.5, 0.6) is 0 Å². The lowest BCUT2D eigenvalue weighted by Crippen LogP contribution is -2.51. The Morgan fingerprint density at radius 2 is 1.71 bits per heavy atom. The highest BCUT2D eigenvalue weighted by molar-refractivity contribution is 7.91. The third-order valence-electron chi connectivity index (χ3n) is 5.21. The van der Waals surface area contributed by atoms with Gasteiger partial charge in [0.2, 0.25) is 11.8 Å². The maximum atomic E-state index is 12.3. The van der Waals surface area contributed by atoms with Crippen molar-refractivity contribution in [3.8, 4) is 0 Å². The van der Waals surface area contributed by atoms with Gasteiger partial charge < -0.3 is 20.9 Å². The molecule has 0 bridgehead atoms. The van der Waals surface area contributed by atoms with Crippen LogP contribution < -0.4 is 16.0 Å². The van der Waals surface area contributed by atoms with Crippen molar-refractivity contribution in [1.82, 2.24) is 20.9 Å². The second kappa shape index (κ2) is 10.6. The van der Waals surface area contributed by atoms with Gasteiger partial charge in [-0.1, -0.05) is 19.3 Å². The third-order valence-corrected chi connectivity index (χ3v) is 6.82. The number of hydrogen-bond acceptors (Lipinski definition) is 5. The van der Waals surface area contributed by atoms with Crippen LogP contribution in [-0.4, -0.2) is 74.4 Å². The number of carbonyl (C=O) groups is 3. The minimum atomic E-state index is -3.05. The smallest absolute Gasteiger partial charge is 0.315 e. The van der Waals surface area contributed by atoms with Crippen LogP contribution in [-0.2, 0) is 19.4 Å². The molecule has 0 aromatic carbocycles. The van der Waals surface area contributed by atoms with Crippen LogP contribution in [0.25, 0.3) is 0 Å². The van der Waals surface area contributed by atoms with E-state index >= 15 is 0 Å². The monoisotopic (exact) mass is 416 g/mol. The molecule has 2 aliphatic rings. The van der Waals surface area contributed by atoms with E-state index in [0.717, 1.165) is 25.7 Å². The molecule has 0 aromatic rings. The summed E-state index contributed by atoms with van der Waals surface area (Å²) in [4.78, 5) is 37.6. The molecule has 28 heavy (non-hydrogen) atoms. The Kier molecular flexibility index (Phi) is 8.53. The Hall–Kier alpha value is -1.84. The Bertz CT molecular complexity index is 647. The fourth-order valence-electron chi connectivity index (χ4n) is 3.52. The topological polar surface area (TPSA) is 125 Å². The largest absolute Gasteiger partial charge is 0.345 e. The lowest BCUT2D eigenvalue weighted by Gasteiger charge is -2.29. The Morgan fingerprint density at radius 3 is 2.36 bits per heavy atom. The first kappa shape index (κ1) is 22.4. The first-order valence-corrected chi connectivity index (χ1v) is 11.9. The minimum Gasteiger partial charge on any atom is -0.345 e. The first-order chi connectivity index (χ1) is 13.3. The molecule has 1 saturated carbocycles. The number of nitrogens with zero attached hydrogens (tertiary/aromatic N) is 1. The molecule has 10 heteroatoms. The molecule has 1 atom stereocenters. The molecule has 1 heterocycles. The van der Waals surface area contributed by atoms with E-state index in [9.17, 15) is 22.8 Å².